The second-order valence-electron chi connectivity index (χ2n) is 16.0. The average Bonchev–Trinajstić information content (AvgIpc) is 3.17. The lowest BCUT2D eigenvalue weighted by molar-refractivity contribution is -0.870. The van der Waals surface area contributed by atoms with E-state index in [-0.39, 0.29) is 26.1 Å². The van der Waals surface area contributed by atoms with Gasteiger partial charge in [-0.05, 0) is 77.0 Å². The molecule has 0 spiro atoms. The molecule has 58 heavy (non-hydrogen) atoms. The Labute approximate surface area is 352 Å². The second kappa shape index (κ2) is 37.6. The van der Waals surface area contributed by atoms with Gasteiger partial charge in [0.05, 0.1) is 40.0 Å². The number of phosphoric acid groups is 1. The zero-order chi connectivity index (χ0) is 43.2. The third kappa shape index (κ3) is 39.1. The average molecular weight is 840 g/mol. The molecule has 0 saturated heterocycles. The molecule has 0 fully saturated rings. The molecule has 0 radical (unpaired) electrons. The summed E-state index contributed by atoms with van der Waals surface area (Å²) < 4.78 is 33.8. The molecule has 12 heteroatoms. The van der Waals surface area contributed by atoms with Crippen molar-refractivity contribution >= 4 is 19.8 Å². The standard InChI is InChI=1S/C46H82NO10P/c1-6-8-10-12-14-15-16-17-18-19-20-21-22-23-24-28-32-36-45(50)54-40-42(41-56-58(52,53)55-39-38-47(3,4)5)57-46(51)37-33-29-25-27-31-35-44(49)43(48)34-30-26-13-11-9-7-2/h8,10,14-15,17-18,20-21,26,30,42-44,48-49H,6-7,9,11-13,16,19,22-25,27-29,31-41H2,1-5H3/b10-8-,15-14-,18-17-,21-20-,30-26-/t42-,43+,44+/m1/s1. The Hall–Kier alpha value is -2.37. The van der Waals surface area contributed by atoms with Gasteiger partial charge in [-0.15, -0.1) is 0 Å². The van der Waals surface area contributed by atoms with Crippen molar-refractivity contribution in [2.45, 2.75) is 173 Å². The largest absolute Gasteiger partial charge is 0.756 e. The number of aliphatic hydroxyl groups excluding tert-OH is 2. The maximum atomic E-state index is 12.7. The van der Waals surface area contributed by atoms with Crippen molar-refractivity contribution in [1.29, 1.82) is 0 Å². The molecule has 0 rings (SSSR count). The van der Waals surface area contributed by atoms with Gasteiger partial charge in [-0.1, -0.05) is 126 Å². The number of unbranched alkanes of at least 4 members (excludes halogenated alkanes) is 11. The molecule has 2 N–H and O–H groups in total. The summed E-state index contributed by atoms with van der Waals surface area (Å²) >= 11 is 0. The lowest BCUT2D eigenvalue weighted by Gasteiger charge is -2.28. The first-order chi connectivity index (χ1) is 27.8. The van der Waals surface area contributed by atoms with Crippen LogP contribution in [0.15, 0.2) is 60.8 Å². The van der Waals surface area contributed by atoms with Gasteiger partial charge in [0.15, 0.2) is 6.10 Å². The maximum absolute atomic E-state index is 12.7. The number of carbonyl (C=O) groups excluding carboxylic acids is 2. The zero-order valence-electron chi connectivity index (χ0n) is 36.9. The van der Waals surface area contributed by atoms with Crippen LogP contribution < -0.4 is 4.89 Å². The zero-order valence-corrected chi connectivity index (χ0v) is 37.8. The minimum atomic E-state index is -4.67. The number of rotatable bonds is 39. The van der Waals surface area contributed by atoms with Gasteiger partial charge in [-0.2, -0.15) is 0 Å². The van der Waals surface area contributed by atoms with Crippen molar-refractivity contribution in [2.24, 2.45) is 0 Å². The monoisotopic (exact) mass is 840 g/mol. The molecule has 0 aliphatic carbocycles. The molecule has 1 unspecified atom stereocenters. The third-order valence-corrected chi connectivity index (χ3v) is 10.2. The number of hydrogen-bond acceptors (Lipinski definition) is 10. The quantitative estimate of drug-likeness (QED) is 0.0201. The Morgan fingerprint density at radius 3 is 1.79 bits per heavy atom. The molecule has 0 aromatic carbocycles. The fraction of sp³-hybridized carbons (Fsp3) is 0.739. The lowest BCUT2D eigenvalue weighted by atomic mass is 10.0. The summed E-state index contributed by atoms with van der Waals surface area (Å²) in [4.78, 5) is 37.6. The number of aliphatic hydroxyl groups is 2. The topological polar surface area (TPSA) is 152 Å². The van der Waals surface area contributed by atoms with Gasteiger partial charge in [-0.25, -0.2) is 0 Å². The molecule has 0 bridgehead atoms. The van der Waals surface area contributed by atoms with E-state index in [9.17, 15) is 29.3 Å². The predicted octanol–water partition coefficient (Wildman–Crippen LogP) is 9.77. The van der Waals surface area contributed by atoms with Crippen LogP contribution in [0.4, 0.5) is 0 Å². The molecule has 0 aromatic rings. The Morgan fingerprint density at radius 2 is 1.17 bits per heavy atom. The van der Waals surface area contributed by atoms with Crippen molar-refractivity contribution in [3.05, 3.63) is 60.8 Å². The van der Waals surface area contributed by atoms with E-state index in [2.05, 4.69) is 68.5 Å². The van der Waals surface area contributed by atoms with Crippen LogP contribution in [0.2, 0.25) is 0 Å². The first-order valence-corrected chi connectivity index (χ1v) is 23.6. The Bertz CT molecular complexity index is 1210. The summed E-state index contributed by atoms with van der Waals surface area (Å²) in [6, 6.07) is 0. The minimum absolute atomic E-state index is 0.0662. The van der Waals surface area contributed by atoms with Crippen LogP contribution in [-0.4, -0.2) is 92.5 Å². The molecular formula is C46H82NO10P. The van der Waals surface area contributed by atoms with Crippen LogP contribution in [0, 0.1) is 0 Å². The van der Waals surface area contributed by atoms with Crippen LogP contribution in [0.3, 0.4) is 0 Å². The van der Waals surface area contributed by atoms with Crippen LogP contribution >= 0.6 is 7.82 Å². The van der Waals surface area contributed by atoms with Gasteiger partial charge in [-0.3, -0.25) is 14.2 Å². The summed E-state index contributed by atoms with van der Waals surface area (Å²) in [5, 5.41) is 20.5. The van der Waals surface area contributed by atoms with E-state index in [0.717, 1.165) is 89.9 Å². The van der Waals surface area contributed by atoms with E-state index in [4.69, 9.17) is 18.5 Å². The van der Waals surface area contributed by atoms with E-state index >= 15 is 0 Å². The smallest absolute Gasteiger partial charge is 0.306 e. The van der Waals surface area contributed by atoms with Gasteiger partial charge in [0.25, 0.3) is 7.82 Å². The van der Waals surface area contributed by atoms with Gasteiger partial charge in [0, 0.05) is 12.8 Å². The highest BCUT2D eigenvalue weighted by atomic mass is 31.2. The highest BCUT2D eigenvalue weighted by Gasteiger charge is 2.22. The van der Waals surface area contributed by atoms with Crippen LogP contribution in [0.25, 0.3) is 0 Å². The van der Waals surface area contributed by atoms with Crippen molar-refractivity contribution in [2.75, 3.05) is 47.5 Å². The van der Waals surface area contributed by atoms with E-state index < -0.39 is 44.7 Å². The molecular weight excluding hydrogens is 757 g/mol. The molecule has 336 valence electrons. The van der Waals surface area contributed by atoms with Gasteiger partial charge in [0.2, 0.25) is 0 Å². The van der Waals surface area contributed by atoms with Gasteiger partial charge in [0.1, 0.15) is 19.8 Å². The van der Waals surface area contributed by atoms with E-state index in [0.29, 0.717) is 36.7 Å². The summed E-state index contributed by atoms with van der Waals surface area (Å²) in [6.07, 6.45) is 36.9. The third-order valence-electron chi connectivity index (χ3n) is 9.22. The number of esters is 2. The molecule has 0 heterocycles. The van der Waals surface area contributed by atoms with Gasteiger partial charge >= 0.3 is 11.9 Å². The number of allylic oxidation sites excluding steroid dienone is 9. The molecule has 0 aromatic heterocycles. The Balaban J connectivity index is 4.53. The summed E-state index contributed by atoms with van der Waals surface area (Å²) in [7, 11) is 1.04. The van der Waals surface area contributed by atoms with Crippen LogP contribution in [-0.2, 0) is 32.7 Å². The number of phosphoric ester groups is 1. The fourth-order valence-corrected chi connectivity index (χ4v) is 6.34. The second-order valence-corrected chi connectivity index (χ2v) is 17.4. The summed E-state index contributed by atoms with van der Waals surface area (Å²) in [5.41, 5.74) is 0. The molecule has 0 amide bonds. The number of carbonyl (C=O) groups is 2. The highest BCUT2D eigenvalue weighted by molar-refractivity contribution is 7.45. The SMILES string of the molecule is CC/C=C\C/C=C\C/C=C\C/C=C\CCCCCCC(=O)OC[C@H](COP(=O)([O-])OCC[N+](C)(C)C)OC(=O)CCCCCCC[C@H](O)[C@@H](O)C/C=C\CCCCC. The molecule has 4 atom stereocenters. The van der Waals surface area contributed by atoms with Crippen molar-refractivity contribution in [1.82, 2.24) is 0 Å². The van der Waals surface area contributed by atoms with E-state index in [1.54, 1.807) is 0 Å². The molecule has 0 aliphatic rings. The fourth-order valence-electron chi connectivity index (χ4n) is 5.61. The molecule has 11 nitrogen and oxygen atoms in total. The summed E-state index contributed by atoms with van der Waals surface area (Å²) in [5.74, 6) is -0.980. The Kier molecular flexibility index (Phi) is 36.1. The van der Waals surface area contributed by atoms with Crippen molar-refractivity contribution in [3.8, 4) is 0 Å². The van der Waals surface area contributed by atoms with E-state index in [1.165, 1.54) is 12.8 Å². The Morgan fingerprint density at radius 1 is 0.638 bits per heavy atom. The molecule has 0 aliphatic heterocycles. The number of ether oxygens (including phenoxy) is 2. The molecule has 0 saturated carbocycles. The maximum Gasteiger partial charge on any atom is 0.306 e. The normalized spacial score (nSPS) is 15.2. The predicted molar refractivity (Wildman–Crippen MR) is 234 cm³/mol. The highest BCUT2D eigenvalue weighted by Crippen LogP contribution is 2.38. The van der Waals surface area contributed by atoms with Crippen LogP contribution in [0.1, 0.15) is 155 Å². The minimum Gasteiger partial charge on any atom is -0.756 e. The van der Waals surface area contributed by atoms with Crippen LogP contribution in [0.5, 0.6) is 0 Å². The number of nitrogens with zero attached hydrogens (tertiary/aromatic N) is 1. The first kappa shape index (κ1) is 55.6. The van der Waals surface area contributed by atoms with Crippen molar-refractivity contribution < 1.29 is 52.3 Å². The lowest BCUT2D eigenvalue weighted by Crippen LogP contribution is -2.37. The number of likely N-dealkylation sites (N-methyl/N-ethyl adjacent to an activating group) is 1. The van der Waals surface area contributed by atoms with Crippen molar-refractivity contribution in [3.63, 3.8) is 0 Å². The van der Waals surface area contributed by atoms with E-state index in [1.807, 2.05) is 27.2 Å². The number of hydrogen-bond donors (Lipinski definition) is 2. The summed E-state index contributed by atoms with van der Waals surface area (Å²) in [6.45, 7) is 3.83. The number of quaternary nitrogens is 1. The van der Waals surface area contributed by atoms with Gasteiger partial charge < -0.3 is 38.1 Å². The first-order valence-electron chi connectivity index (χ1n) is 22.2.